The van der Waals surface area contributed by atoms with Gasteiger partial charge in [0.2, 0.25) is 0 Å². The number of hydrogen-bond acceptors (Lipinski definition) is 3. The van der Waals surface area contributed by atoms with Crippen molar-refractivity contribution in [3.63, 3.8) is 0 Å². The van der Waals surface area contributed by atoms with E-state index in [1.807, 2.05) is 46.8 Å². The Bertz CT molecular complexity index is 560. The van der Waals surface area contributed by atoms with E-state index in [1.165, 1.54) is 0 Å². The van der Waals surface area contributed by atoms with Crippen LogP contribution in [0.15, 0.2) is 24.3 Å². The number of allylic oxidation sites excluding steroid dienone is 4. The number of fused-ring (bicyclic) bond motifs is 1. The van der Waals surface area contributed by atoms with E-state index in [0.717, 1.165) is 6.42 Å². The Kier molecular flexibility index (Phi) is 6.12. The molecule has 1 fully saturated rings. The first-order valence-electron chi connectivity index (χ1n) is 9.46. The summed E-state index contributed by atoms with van der Waals surface area (Å²) in [5.41, 5.74) is -0.544. The molecule has 2 rings (SSSR count). The number of carbonyl (C=O) groups excluding carboxylic acids is 1. The van der Waals surface area contributed by atoms with Gasteiger partial charge in [-0.2, -0.15) is 0 Å². The molecule has 0 spiro atoms. The molecular weight excluding hydrogens is 316 g/mol. The van der Waals surface area contributed by atoms with E-state index < -0.39 is 17.3 Å². The van der Waals surface area contributed by atoms with Crippen LogP contribution in [0.5, 0.6) is 0 Å². The zero-order valence-electron chi connectivity index (χ0n) is 16.1. The van der Waals surface area contributed by atoms with Crippen LogP contribution in [0.25, 0.3) is 0 Å². The second-order valence-electron chi connectivity index (χ2n) is 8.29. The monoisotopic (exact) mass is 348 g/mol. The van der Waals surface area contributed by atoms with Crippen molar-refractivity contribution < 1.29 is 19.4 Å². The smallest absolute Gasteiger partial charge is 0.311 e. The molecule has 0 aromatic carbocycles. The first-order chi connectivity index (χ1) is 11.7. The Morgan fingerprint density at radius 1 is 1.28 bits per heavy atom. The van der Waals surface area contributed by atoms with Gasteiger partial charge in [0.1, 0.15) is 6.10 Å². The minimum absolute atomic E-state index is 0.0441. The molecule has 0 saturated heterocycles. The van der Waals surface area contributed by atoms with Crippen molar-refractivity contribution in [3.8, 4) is 0 Å². The molecule has 0 aliphatic heterocycles. The maximum atomic E-state index is 12.7. The Morgan fingerprint density at radius 2 is 1.96 bits per heavy atom. The van der Waals surface area contributed by atoms with Crippen LogP contribution in [-0.2, 0) is 14.3 Å². The van der Waals surface area contributed by atoms with Gasteiger partial charge in [-0.1, -0.05) is 38.2 Å². The minimum atomic E-state index is -0.785. The number of carboxylic acids is 1. The summed E-state index contributed by atoms with van der Waals surface area (Å²) >= 11 is 0. The highest BCUT2D eigenvalue weighted by Gasteiger charge is 2.49. The highest BCUT2D eigenvalue weighted by molar-refractivity contribution is 5.76. The average Bonchev–Trinajstić information content (AvgIpc) is 2.55. The minimum Gasteiger partial charge on any atom is -0.481 e. The number of hydrogen-bond donors (Lipinski definition) is 1. The van der Waals surface area contributed by atoms with Crippen molar-refractivity contribution >= 4 is 11.9 Å². The Hall–Kier alpha value is -1.58. The number of ether oxygens (including phenoxy) is 1. The summed E-state index contributed by atoms with van der Waals surface area (Å²) in [5.74, 6) is -1.22. The van der Waals surface area contributed by atoms with E-state index in [9.17, 15) is 14.7 Å². The van der Waals surface area contributed by atoms with E-state index in [4.69, 9.17) is 4.74 Å². The molecule has 5 unspecified atom stereocenters. The number of carboxylic acid groups (broad SMARTS) is 1. The van der Waals surface area contributed by atoms with Gasteiger partial charge in [-0.25, -0.2) is 0 Å². The highest BCUT2D eigenvalue weighted by atomic mass is 16.5. The topological polar surface area (TPSA) is 63.6 Å². The maximum absolute atomic E-state index is 12.7. The number of carbonyl (C=O) groups is 2. The predicted molar refractivity (Wildman–Crippen MR) is 97.9 cm³/mol. The first-order valence-corrected chi connectivity index (χ1v) is 9.46. The van der Waals surface area contributed by atoms with Crippen molar-refractivity contribution in [2.75, 3.05) is 0 Å². The Labute approximate surface area is 151 Å². The fraction of sp³-hybridized carbons (Fsp3) is 0.714. The molecule has 4 heteroatoms. The van der Waals surface area contributed by atoms with Crippen LogP contribution in [0.4, 0.5) is 0 Å². The molecule has 4 nitrogen and oxygen atoms in total. The first kappa shape index (κ1) is 19.7. The van der Waals surface area contributed by atoms with Gasteiger partial charge in [0, 0.05) is 5.92 Å². The summed E-state index contributed by atoms with van der Waals surface area (Å²) in [6.07, 6.45) is 10.3. The van der Waals surface area contributed by atoms with E-state index in [0.29, 0.717) is 18.8 Å². The number of aliphatic carboxylic acids is 1. The molecule has 0 amide bonds. The van der Waals surface area contributed by atoms with E-state index in [1.54, 1.807) is 0 Å². The van der Waals surface area contributed by atoms with Crippen LogP contribution in [-0.4, -0.2) is 23.1 Å². The fourth-order valence-corrected chi connectivity index (χ4v) is 4.21. The quantitative estimate of drug-likeness (QED) is 0.588. The van der Waals surface area contributed by atoms with Crippen LogP contribution in [0, 0.1) is 35.0 Å². The average molecular weight is 348 g/mol. The lowest BCUT2D eigenvalue weighted by molar-refractivity contribution is -0.173. The molecule has 2 aliphatic rings. The van der Waals surface area contributed by atoms with Crippen molar-refractivity contribution in [2.45, 2.75) is 60.0 Å². The lowest BCUT2D eigenvalue weighted by Crippen LogP contribution is -2.49. The molecule has 1 N–H and O–H groups in total. The summed E-state index contributed by atoms with van der Waals surface area (Å²) in [7, 11) is 0. The van der Waals surface area contributed by atoms with Crippen LogP contribution in [0.3, 0.4) is 0 Å². The van der Waals surface area contributed by atoms with Gasteiger partial charge >= 0.3 is 11.9 Å². The van der Waals surface area contributed by atoms with Crippen LogP contribution < -0.4 is 0 Å². The fourth-order valence-electron chi connectivity index (χ4n) is 4.21. The van der Waals surface area contributed by atoms with Gasteiger partial charge in [0.15, 0.2) is 0 Å². The van der Waals surface area contributed by atoms with E-state index >= 15 is 0 Å². The van der Waals surface area contributed by atoms with Crippen molar-refractivity contribution in [3.05, 3.63) is 24.3 Å². The molecule has 0 aromatic heterocycles. The lowest BCUT2D eigenvalue weighted by atomic mass is 9.61. The standard InChI is InChI=1S/C21H32O4/c1-6-8-14-11-15-10-9-13(3)17(19(22)23)18(15)16(12-14)25-20(24)21(4,5)7-2/h6,8-10,13-18H,7,11-12H2,1-5H3,(H,22,23)/b8-6+/t13?,14?,15?,16?,17?,18-/m1/s1. The third kappa shape index (κ3) is 4.16. The van der Waals surface area contributed by atoms with Gasteiger partial charge in [-0.05, 0) is 57.8 Å². The molecule has 140 valence electrons. The summed E-state index contributed by atoms with van der Waals surface area (Å²) in [4.78, 5) is 24.6. The van der Waals surface area contributed by atoms with Gasteiger partial charge in [-0.3, -0.25) is 9.59 Å². The van der Waals surface area contributed by atoms with Gasteiger partial charge in [0.05, 0.1) is 11.3 Å². The maximum Gasteiger partial charge on any atom is 0.311 e. The molecule has 0 bridgehead atoms. The summed E-state index contributed by atoms with van der Waals surface area (Å²) in [5, 5.41) is 9.79. The predicted octanol–water partition coefficient (Wildman–Crippen LogP) is 4.46. The molecule has 0 radical (unpaired) electrons. The molecule has 0 aromatic rings. The Balaban J connectivity index is 2.33. The van der Waals surface area contributed by atoms with Crippen LogP contribution in [0.1, 0.15) is 53.9 Å². The molecule has 1 saturated carbocycles. The Morgan fingerprint density at radius 3 is 2.52 bits per heavy atom. The normalized spacial score (nSPS) is 35.4. The van der Waals surface area contributed by atoms with Crippen LogP contribution >= 0.6 is 0 Å². The van der Waals surface area contributed by atoms with Crippen molar-refractivity contribution in [1.29, 1.82) is 0 Å². The zero-order valence-corrected chi connectivity index (χ0v) is 16.1. The van der Waals surface area contributed by atoms with Gasteiger partial charge in [-0.15, -0.1) is 0 Å². The van der Waals surface area contributed by atoms with Crippen molar-refractivity contribution in [2.24, 2.45) is 35.0 Å². The van der Waals surface area contributed by atoms with Crippen LogP contribution in [0.2, 0.25) is 0 Å². The molecule has 6 atom stereocenters. The zero-order chi connectivity index (χ0) is 18.8. The lowest BCUT2D eigenvalue weighted by Gasteiger charge is -2.46. The summed E-state index contributed by atoms with van der Waals surface area (Å²) in [6.45, 7) is 9.68. The molecular formula is C21H32O4. The molecule has 2 aliphatic carbocycles. The largest absolute Gasteiger partial charge is 0.481 e. The number of esters is 1. The van der Waals surface area contributed by atoms with E-state index in [2.05, 4.69) is 12.2 Å². The molecule has 0 heterocycles. The van der Waals surface area contributed by atoms with Gasteiger partial charge < -0.3 is 9.84 Å². The second-order valence-corrected chi connectivity index (χ2v) is 8.29. The second kappa shape index (κ2) is 7.76. The third-order valence-electron chi connectivity index (χ3n) is 6.12. The third-order valence-corrected chi connectivity index (χ3v) is 6.12. The summed E-state index contributed by atoms with van der Waals surface area (Å²) < 4.78 is 5.95. The van der Waals surface area contributed by atoms with E-state index in [-0.39, 0.29) is 29.8 Å². The van der Waals surface area contributed by atoms with Crippen molar-refractivity contribution in [1.82, 2.24) is 0 Å². The van der Waals surface area contributed by atoms with Gasteiger partial charge in [0.25, 0.3) is 0 Å². The molecule has 25 heavy (non-hydrogen) atoms. The highest BCUT2D eigenvalue weighted by Crippen LogP contribution is 2.47. The SMILES string of the molecule is C/C=C/C1CC2C=CC(C)C(C(=O)O)[C@H]2C(OC(=O)C(C)(C)CC)C1. The number of rotatable bonds is 5. The summed E-state index contributed by atoms with van der Waals surface area (Å²) in [6, 6.07) is 0.